The lowest BCUT2D eigenvalue weighted by Gasteiger charge is -2.26. The number of hydrogen-bond acceptors (Lipinski definition) is 6. The van der Waals surface area contributed by atoms with Gasteiger partial charge in [0.15, 0.2) is 0 Å². The first-order valence-corrected chi connectivity index (χ1v) is 6.74. The van der Waals surface area contributed by atoms with Crippen LogP contribution in [0.15, 0.2) is 0 Å². The SMILES string of the molecule is COCC1(C(=O)OC)CCN(CC(=O)OC(C)(C)C)C1. The van der Waals surface area contributed by atoms with Crippen molar-refractivity contribution in [3.8, 4) is 0 Å². The predicted octanol–water partition coefficient (Wildman–Crippen LogP) is 0.840. The summed E-state index contributed by atoms with van der Waals surface area (Å²) < 4.78 is 15.3. The zero-order valence-electron chi connectivity index (χ0n) is 13.0. The van der Waals surface area contributed by atoms with Gasteiger partial charge in [0, 0.05) is 20.2 Å². The fraction of sp³-hybridized carbons (Fsp3) is 0.857. The van der Waals surface area contributed by atoms with E-state index < -0.39 is 11.0 Å². The van der Waals surface area contributed by atoms with Crippen LogP contribution < -0.4 is 0 Å². The van der Waals surface area contributed by atoms with Gasteiger partial charge in [-0.25, -0.2) is 0 Å². The largest absolute Gasteiger partial charge is 0.468 e. The van der Waals surface area contributed by atoms with Crippen LogP contribution in [0.4, 0.5) is 0 Å². The van der Waals surface area contributed by atoms with Crippen LogP contribution in [0.1, 0.15) is 27.2 Å². The fourth-order valence-electron chi connectivity index (χ4n) is 2.49. The number of esters is 2. The van der Waals surface area contributed by atoms with Gasteiger partial charge in [0.2, 0.25) is 0 Å². The molecule has 0 aromatic rings. The molecule has 0 N–H and O–H groups in total. The molecule has 1 atom stereocenters. The first-order valence-electron chi connectivity index (χ1n) is 6.74. The molecule has 0 spiro atoms. The Bertz CT molecular complexity index is 363. The van der Waals surface area contributed by atoms with Crippen LogP contribution in [0.5, 0.6) is 0 Å². The minimum atomic E-state index is -0.675. The van der Waals surface area contributed by atoms with Gasteiger partial charge < -0.3 is 14.2 Å². The van der Waals surface area contributed by atoms with Gasteiger partial charge in [-0.2, -0.15) is 0 Å². The number of nitrogens with zero attached hydrogens (tertiary/aromatic N) is 1. The Balaban J connectivity index is 2.61. The maximum absolute atomic E-state index is 11.9. The second kappa shape index (κ2) is 6.54. The molecule has 1 rings (SSSR count). The average Bonchev–Trinajstić information content (AvgIpc) is 2.70. The van der Waals surface area contributed by atoms with Crippen molar-refractivity contribution in [1.82, 2.24) is 4.90 Å². The summed E-state index contributed by atoms with van der Waals surface area (Å²) in [5.74, 6) is -0.568. The Morgan fingerprint density at radius 3 is 2.40 bits per heavy atom. The first-order chi connectivity index (χ1) is 9.22. The van der Waals surface area contributed by atoms with Crippen LogP contribution >= 0.6 is 0 Å². The van der Waals surface area contributed by atoms with Crippen molar-refractivity contribution in [2.75, 3.05) is 40.5 Å². The molecule has 0 bridgehead atoms. The van der Waals surface area contributed by atoms with Crippen LogP contribution in [-0.2, 0) is 23.8 Å². The standard InChI is InChI=1S/C14H25NO5/c1-13(2,3)20-11(16)8-15-7-6-14(9-15,10-18-4)12(17)19-5/h6-10H2,1-5H3. The second-order valence-electron chi connectivity index (χ2n) is 6.25. The minimum absolute atomic E-state index is 0.180. The number of likely N-dealkylation sites (tertiary alicyclic amines) is 1. The monoisotopic (exact) mass is 287 g/mol. The number of methoxy groups -OCH3 is 2. The first kappa shape index (κ1) is 16.9. The lowest BCUT2D eigenvalue weighted by atomic mass is 9.88. The average molecular weight is 287 g/mol. The highest BCUT2D eigenvalue weighted by molar-refractivity contribution is 5.78. The second-order valence-corrected chi connectivity index (χ2v) is 6.25. The molecular weight excluding hydrogens is 262 g/mol. The van der Waals surface area contributed by atoms with Crippen molar-refractivity contribution in [3.05, 3.63) is 0 Å². The maximum Gasteiger partial charge on any atom is 0.320 e. The smallest absolute Gasteiger partial charge is 0.320 e. The van der Waals surface area contributed by atoms with E-state index in [-0.39, 0.29) is 18.5 Å². The van der Waals surface area contributed by atoms with Gasteiger partial charge in [-0.15, -0.1) is 0 Å². The normalized spacial score (nSPS) is 23.6. The van der Waals surface area contributed by atoms with Gasteiger partial charge in [-0.3, -0.25) is 14.5 Å². The van der Waals surface area contributed by atoms with Gasteiger partial charge in [-0.1, -0.05) is 0 Å². The fourth-order valence-corrected chi connectivity index (χ4v) is 2.49. The van der Waals surface area contributed by atoms with Crippen LogP contribution in [0.25, 0.3) is 0 Å². The van der Waals surface area contributed by atoms with Crippen molar-refractivity contribution in [2.24, 2.45) is 5.41 Å². The molecule has 1 heterocycles. The number of rotatable bonds is 5. The van der Waals surface area contributed by atoms with Crippen molar-refractivity contribution in [1.29, 1.82) is 0 Å². The minimum Gasteiger partial charge on any atom is -0.468 e. The molecule has 0 saturated carbocycles. The Hall–Kier alpha value is -1.14. The molecule has 0 aromatic heterocycles. The third kappa shape index (κ3) is 4.45. The summed E-state index contributed by atoms with van der Waals surface area (Å²) in [6, 6.07) is 0. The number of hydrogen-bond donors (Lipinski definition) is 0. The Kier molecular flexibility index (Phi) is 5.53. The molecule has 1 fully saturated rings. The van der Waals surface area contributed by atoms with Crippen molar-refractivity contribution < 1.29 is 23.8 Å². The van der Waals surface area contributed by atoms with Crippen LogP contribution in [0, 0.1) is 5.41 Å². The number of carbonyl (C=O) groups is 2. The maximum atomic E-state index is 11.9. The third-order valence-corrected chi connectivity index (χ3v) is 3.24. The van der Waals surface area contributed by atoms with Crippen LogP contribution in [0.3, 0.4) is 0 Å². The summed E-state index contributed by atoms with van der Waals surface area (Å²) >= 11 is 0. The number of carbonyl (C=O) groups excluding carboxylic acids is 2. The summed E-state index contributed by atoms with van der Waals surface area (Å²) in [6.45, 7) is 7.07. The van der Waals surface area contributed by atoms with E-state index in [1.807, 2.05) is 25.7 Å². The molecular formula is C14H25NO5. The molecule has 1 aliphatic rings. The topological polar surface area (TPSA) is 65.1 Å². The van der Waals surface area contributed by atoms with Gasteiger partial charge in [0.25, 0.3) is 0 Å². The molecule has 0 amide bonds. The number of ether oxygens (including phenoxy) is 3. The molecule has 20 heavy (non-hydrogen) atoms. The molecule has 6 heteroatoms. The molecule has 1 unspecified atom stereocenters. The van der Waals surface area contributed by atoms with E-state index in [0.717, 1.165) is 0 Å². The highest BCUT2D eigenvalue weighted by atomic mass is 16.6. The zero-order chi connectivity index (χ0) is 15.4. The molecule has 0 radical (unpaired) electrons. The van der Waals surface area contributed by atoms with Crippen molar-refractivity contribution in [2.45, 2.75) is 32.8 Å². The summed E-state index contributed by atoms with van der Waals surface area (Å²) in [5.41, 5.74) is -1.17. The Morgan fingerprint density at radius 1 is 1.25 bits per heavy atom. The summed E-state index contributed by atoms with van der Waals surface area (Å²) in [4.78, 5) is 25.7. The van der Waals surface area contributed by atoms with E-state index in [2.05, 4.69) is 0 Å². The summed E-state index contributed by atoms with van der Waals surface area (Å²) in [6.07, 6.45) is 0.621. The van der Waals surface area contributed by atoms with E-state index in [1.54, 1.807) is 7.11 Å². The molecule has 0 aromatic carbocycles. The quantitative estimate of drug-likeness (QED) is 0.698. The Labute approximate surface area is 120 Å². The van der Waals surface area contributed by atoms with Crippen LogP contribution in [0.2, 0.25) is 0 Å². The van der Waals surface area contributed by atoms with E-state index in [4.69, 9.17) is 14.2 Å². The molecule has 1 saturated heterocycles. The van der Waals surface area contributed by atoms with E-state index >= 15 is 0 Å². The third-order valence-electron chi connectivity index (χ3n) is 3.24. The lowest BCUT2D eigenvalue weighted by Crippen LogP contribution is -2.41. The predicted molar refractivity (Wildman–Crippen MR) is 73.2 cm³/mol. The van der Waals surface area contributed by atoms with Gasteiger partial charge in [0.1, 0.15) is 11.0 Å². The Morgan fingerprint density at radius 2 is 1.90 bits per heavy atom. The highest BCUT2D eigenvalue weighted by Crippen LogP contribution is 2.32. The van der Waals surface area contributed by atoms with E-state index in [0.29, 0.717) is 26.1 Å². The molecule has 116 valence electrons. The molecule has 6 nitrogen and oxygen atoms in total. The summed E-state index contributed by atoms with van der Waals surface area (Å²) in [7, 11) is 2.93. The van der Waals surface area contributed by atoms with Gasteiger partial charge in [0.05, 0.1) is 20.3 Å². The van der Waals surface area contributed by atoms with Gasteiger partial charge >= 0.3 is 11.9 Å². The van der Waals surface area contributed by atoms with E-state index in [9.17, 15) is 9.59 Å². The molecule has 1 aliphatic heterocycles. The highest BCUT2D eigenvalue weighted by Gasteiger charge is 2.46. The van der Waals surface area contributed by atoms with Crippen LogP contribution in [-0.4, -0.2) is 62.9 Å². The van der Waals surface area contributed by atoms with Crippen molar-refractivity contribution in [3.63, 3.8) is 0 Å². The lowest BCUT2D eigenvalue weighted by molar-refractivity contribution is -0.158. The van der Waals surface area contributed by atoms with E-state index in [1.165, 1.54) is 7.11 Å². The zero-order valence-corrected chi connectivity index (χ0v) is 13.0. The van der Waals surface area contributed by atoms with Crippen molar-refractivity contribution >= 4 is 11.9 Å². The molecule has 0 aliphatic carbocycles. The summed E-state index contributed by atoms with van der Waals surface area (Å²) in [5, 5.41) is 0. The van der Waals surface area contributed by atoms with Gasteiger partial charge in [-0.05, 0) is 27.2 Å².